The first-order valence-electron chi connectivity index (χ1n) is 4.82. The summed E-state index contributed by atoms with van der Waals surface area (Å²) in [6.45, 7) is 3.83. The van der Waals surface area contributed by atoms with E-state index in [1.54, 1.807) is 0 Å². The average molecular weight is 223 g/mol. The molecule has 0 fully saturated rings. The van der Waals surface area contributed by atoms with Gasteiger partial charge in [-0.3, -0.25) is 20.2 Å². The summed E-state index contributed by atoms with van der Waals surface area (Å²) >= 11 is 0. The number of nitro groups is 2. The van der Waals surface area contributed by atoms with Crippen molar-refractivity contribution < 1.29 is 9.85 Å². The molecule has 0 bridgehead atoms. The van der Waals surface area contributed by atoms with Gasteiger partial charge in [-0.25, -0.2) is 0 Å². The second-order valence-electron chi connectivity index (χ2n) is 3.47. The quantitative estimate of drug-likeness (QED) is 0.580. The molecule has 0 amide bonds. The van der Waals surface area contributed by atoms with E-state index in [0.717, 1.165) is 12.5 Å². The van der Waals surface area contributed by atoms with Gasteiger partial charge in [0.1, 0.15) is 0 Å². The topological polar surface area (TPSA) is 86.3 Å². The van der Waals surface area contributed by atoms with Gasteiger partial charge in [0.05, 0.1) is 15.9 Å². The number of rotatable bonds is 4. The van der Waals surface area contributed by atoms with Crippen molar-refractivity contribution in [3.05, 3.63) is 44.0 Å². The van der Waals surface area contributed by atoms with Gasteiger partial charge in [-0.05, 0) is 17.9 Å². The maximum Gasteiger partial charge on any atom is 0.354 e. The standard InChI is InChI=1S/C10H11N2O4/c1-3-7(2)8-4-5-9(11(13)14)10(6-8)12(15)16/h4-5,7H,3H2,1-2H3. The summed E-state index contributed by atoms with van der Waals surface area (Å²) in [4.78, 5) is 19.7. The van der Waals surface area contributed by atoms with E-state index < -0.39 is 21.2 Å². The van der Waals surface area contributed by atoms with Crippen molar-refractivity contribution in [3.8, 4) is 0 Å². The van der Waals surface area contributed by atoms with Gasteiger partial charge in [-0.15, -0.1) is 0 Å². The van der Waals surface area contributed by atoms with E-state index >= 15 is 0 Å². The van der Waals surface area contributed by atoms with Gasteiger partial charge >= 0.3 is 11.4 Å². The normalized spacial score (nSPS) is 12.1. The van der Waals surface area contributed by atoms with Gasteiger partial charge < -0.3 is 0 Å². The van der Waals surface area contributed by atoms with E-state index in [1.807, 2.05) is 13.8 Å². The molecule has 6 nitrogen and oxygen atoms in total. The molecule has 0 saturated carbocycles. The summed E-state index contributed by atoms with van der Waals surface area (Å²) in [5, 5.41) is 21.2. The first-order valence-corrected chi connectivity index (χ1v) is 4.82. The number of hydrogen-bond acceptors (Lipinski definition) is 4. The molecular weight excluding hydrogens is 212 g/mol. The third-order valence-corrected chi connectivity index (χ3v) is 2.45. The highest BCUT2D eigenvalue weighted by Gasteiger charge is 2.25. The lowest BCUT2D eigenvalue weighted by molar-refractivity contribution is -0.422. The predicted octanol–water partition coefficient (Wildman–Crippen LogP) is 2.82. The largest absolute Gasteiger partial charge is 0.354 e. The Hall–Kier alpha value is -1.98. The molecule has 0 N–H and O–H groups in total. The smallest absolute Gasteiger partial charge is 0.258 e. The van der Waals surface area contributed by atoms with Gasteiger partial charge in [0.25, 0.3) is 0 Å². The molecule has 1 aromatic carbocycles. The highest BCUT2D eigenvalue weighted by atomic mass is 16.6. The number of hydrogen-bond donors (Lipinski definition) is 0. The second kappa shape index (κ2) is 4.69. The molecule has 1 rings (SSSR count). The lowest BCUT2D eigenvalue weighted by Gasteiger charge is -2.07. The Bertz CT molecular complexity index is 431. The Kier molecular flexibility index (Phi) is 3.55. The molecule has 0 aliphatic heterocycles. The summed E-state index contributed by atoms with van der Waals surface area (Å²) in [5.41, 5.74) is -0.459. The molecule has 0 aromatic heterocycles. The monoisotopic (exact) mass is 223 g/mol. The first-order chi connectivity index (χ1) is 7.47. The van der Waals surface area contributed by atoms with E-state index in [0.29, 0.717) is 5.56 Å². The van der Waals surface area contributed by atoms with Crippen LogP contribution >= 0.6 is 0 Å². The van der Waals surface area contributed by atoms with Crippen molar-refractivity contribution in [1.29, 1.82) is 0 Å². The second-order valence-corrected chi connectivity index (χ2v) is 3.47. The lowest BCUT2D eigenvalue weighted by atomic mass is 9.98. The third-order valence-electron chi connectivity index (χ3n) is 2.45. The zero-order chi connectivity index (χ0) is 12.3. The van der Waals surface area contributed by atoms with Crippen molar-refractivity contribution in [1.82, 2.24) is 0 Å². The lowest BCUT2D eigenvalue weighted by Crippen LogP contribution is -2.00. The summed E-state index contributed by atoms with van der Waals surface area (Å²) < 4.78 is 0. The molecule has 0 aliphatic rings. The van der Waals surface area contributed by atoms with Crippen molar-refractivity contribution in [3.63, 3.8) is 0 Å². The van der Waals surface area contributed by atoms with Crippen LogP contribution in [0.15, 0.2) is 12.1 Å². The molecule has 1 aromatic rings. The summed E-state index contributed by atoms with van der Waals surface area (Å²) in [6.07, 6.45) is 0.797. The minimum atomic E-state index is -0.774. The SMILES string of the molecule is CCC(C)c1[c]c([N+](=O)[O-])c([N+](=O)[O-])cc1. The zero-order valence-electron chi connectivity index (χ0n) is 8.97. The van der Waals surface area contributed by atoms with Gasteiger partial charge in [-0.2, -0.15) is 0 Å². The van der Waals surface area contributed by atoms with Gasteiger partial charge in [0, 0.05) is 6.07 Å². The van der Waals surface area contributed by atoms with Crippen LogP contribution in [0.25, 0.3) is 0 Å². The third kappa shape index (κ3) is 2.33. The van der Waals surface area contributed by atoms with Crippen LogP contribution in [-0.2, 0) is 0 Å². The Labute approximate surface area is 92.2 Å². The molecule has 1 unspecified atom stereocenters. The van der Waals surface area contributed by atoms with E-state index in [-0.39, 0.29) is 5.92 Å². The minimum absolute atomic E-state index is 0.0968. The Balaban J connectivity index is 3.28. The fraction of sp³-hybridized carbons (Fsp3) is 0.400. The molecule has 1 radical (unpaired) electrons. The Morgan fingerprint density at radius 3 is 2.38 bits per heavy atom. The highest BCUT2D eigenvalue weighted by molar-refractivity contribution is 5.53. The fourth-order valence-electron chi connectivity index (χ4n) is 1.28. The fourth-order valence-corrected chi connectivity index (χ4v) is 1.28. The molecular formula is C10H11N2O4. The molecule has 1 atom stereocenters. The van der Waals surface area contributed by atoms with Gasteiger partial charge in [0.15, 0.2) is 0 Å². The molecule has 0 spiro atoms. The maximum absolute atomic E-state index is 10.7. The number of nitro benzene ring substituents is 2. The highest BCUT2D eigenvalue weighted by Crippen LogP contribution is 2.30. The summed E-state index contributed by atoms with van der Waals surface area (Å²) in [6, 6.07) is 5.18. The van der Waals surface area contributed by atoms with Gasteiger partial charge in [0.2, 0.25) is 0 Å². The summed E-state index contributed by atoms with van der Waals surface area (Å²) in [7, 11) is 0. The first kappa shape index (κ1) is 12.1. The van der Waals surface area contributed by atoms with E-state index in [1.165, 1.54) is 6.07 Å². The Morgan fingerprint density at radius 1 is 1.31 bits per heavy atom. The van der Waals surface area contributed by atoms with Crippen LogP contribution in [0, 0.1) is 26.3 Å². The van der Waals surface area contributed by atoms with E-state index in [9.17, 15) is 20.2 Å². The van der Waals surface area contributed by atoms with E-state index in [2.05, 4.69) is 6.07 Å². The van der Waals surface area contributed by atoms with Crippen LogP contribution in [0.3, 0.4) is 0 Å². The number of benzene rings is 1. The van der Waals surface area contributed by atoms with Crippen molar-refractivity contribution in [2.24, 2.45) is 0 Å². The molecule has 0 aliphatic carbocycles. The van der Waals surface area contributed by atoms with Crippen LogP contribution < -0.4 is 0 Å². The maximum atomic E-state index is 10.7. The van der Waals surface area contributed by atoms with Crippen molar-refractivity contribution in [2.45, 2.75) is 26.2 Å². The predicted molar refractivity (Wildman–Crippen MR) is 57.3 cm³/mol. The molecule has 16 heavy (non-hydrogen) atoms. The van der Waals surface area contributed by atoms with Crippen LogP contribution in [0.2, 0.25) is 0 Å². The molecule has 0 heterocycles. The average Bonchev–Trinajstić information content (AvgIpc) is 2.26. The Morgan fingerprint density at radius 2 is 1.94 bits per heavy atom. The van der Waals surface area contributed by atoms with Crippen LogP contribution in [0.1, 0.15) is 31.7 Å². The minimum Gasteiger partial charge on any atom is -0.258 e. The van der Waals surface area contributed by atoms with Crippen LogP contribution in [0.5, 0.6) is 0 Å². The zero-order valence-corrected chi connectivity index (χ0v) is 8.97. The summed E-state index contributed by atoms with van der Waals surface area (Å²) in [5.74, 6) is 0.0968. The number of nitrogens with zero attached hydrogens (tertiary/aromatic N) is 2. The molecule has 6 heteroatoms. The van der Waals surface area contributed by atoms with Crippen molar-refractivity contribution in [2.75, 3.05) is 0 Å². The van der Waals surface area contributed by atoms with E-state index in [4.69, 9.17) is 0 Å². The van der Waals surface area contributed by atoms with Crippen LogP contribution in [0.4, 0.5) is 11.4 Å². The van der Waals surface area contributed by atoms with Crippen molar-refractivity contribution >= 4 is 11.4 Å². The molecule has 85 valence electrons. The molecule has 0 saturated heterocycles. The van der Waals surface area contributed by atoms with Crippen LogP contribution in [-0.4, -0.2) is 9.85 Å². The van der Waals surface area contributed by atoms with Gasteiger partial charge in [-0.1, -0.05) is 19.9 Å².